The Bertz CT molecular complexity index is 165. The second-order valence-electron chi connectivity index (χ2n) is 3.89. The van der Waals surface area contributed by atoms with Gasteiger partial charge in [-0.15, -0.1) is 0 Å². The Hall–Kier alpha value is -0.800. The number of carbonyl (C=O) groups is 1. The third-order valence-electron chi connectivity index (χ3n) is 1.31. The van der Waals surface area contributed by atoms with Crippen LogP contribution in [-0.2, 0) is 4.74 Å². The number of carbonyl (C=O) groups excluding carboxylic acids is 1. The maximum atomic E-state index is 12.7. The van der Waals surface area contributed by atoms with Gasteiger partial charge in [0.25, 0.3) is 0 Å². The van der Waals surface area contributed by atoms with Crippen molar-refractivity contribution in [3.63, 3.8) is 0 Å². The molecule has 0 rings (SSSR count). The molecule has 0 unspecified atom stereocenters. The molecular formula is C9H18FNO2. The number of amides is 1. The Morgan fingerprint density at radius 3 is 2.46 bits per heavy atom. The van der Waals surface area contributed by atoms with Crippen LogP contribution in [0.3, 0.4) is 0 Å². The highest BCUT2D eigenvalue weighted by molar-refractivity contribution is 5.67. The summed E-state index contributed by atoms with van der Waals surface area (Å²) in [5, 5.41) is 2.35. The van der Waals surface area contributed by atoms with E-state index in [1.807, 2.05) is 0 Å². The van der Waals surface area contributed by atoms with Crippen molar-refractivity contribution in [2.45, 2.75) is 45.9 Å². The van der Waals surface area contributed by atoms with Crippen LogP contribution in [0.4, 0.5) is 9.18 Å². The van der Waals surface area contributed by atoms with Crippen LogP contribution >= 0.6 is 0 Å². The summed E-state index contributed by atoms with van der Waals surface area (Å²) in [5.41, 5.74) is -0.526. The fourth-order valence-corrected chi connectivity index (χ4v) is 0.653. The van der Waals surface area contributed by atoms with Gasteiger partial charge in [0.2, 0.25) is 0 Å². The van der Waals surface area contributed by atoms with Crippen molar-refractivity contribution >= 4 is 6.09 Å². The summed E-state index contributed by atoms with van der Waals surface area (Å²) in [6.45, 7) is 7.03. The van der Waals surface area contributed by atoms with Gasteiger partial charge < -0.3 is 10.1 Å². The molecule has 0 aliphatic carbocycles. The van der Waals surface area contributed by atoms with Gasteiger partial charge >= 0.3 is 6.09 Å². The number of nitrogens with one attached hydrogen (secondary N) is 1. The van der Waals surface area contributed by atoms with Crippen molar-refractivity contribution in [1.82, 2.24) is 5.32 Å². The minimum Gasteiger partial charge on any atom is -0.444 e. The number of halogens is 1. The predicted molar refractivity (Wildman–Crippen MR) is 49.4 cm³/mol. The monoisotopic (exact) mass is 191 g/mol. The first-order chi connectivity index (χ1) is 5.85. The average Bonchev–Trinajstić information content (AvgIpc) is 1.97. The SMILES string of the molecule is CC[C@H](F)CNC(=O)OC(C)(C)C. The molecule has 0 spiro atoms. The molecule has 1 N–H and O–H groups in total. The Kier molecular flexibility index (Phi) is 4.73. The van der Waals surface area contributed by atoms with Crippen LogP contribution in [0.5, 0.6) is 0 Å². The second-order valence-corrected chi connectivity index (χ2v) is 3.89. The molecule has 0 bridgehead atoms. The molecule has 0 saturated heterocycles. The maximum Gasteiger partial charge on any atom is 0.407 e. The van der Waals surface area contributed by atoms with E-state index in [0.717, 1.165) is 0 Å². The zero-order valence-corrected chi connectivity index (χ0v) is 8.69. The molecule has 0 aromatic rings. The van der Waals surface area contributed by atoms with Gasteiger partial charge in [-0.3, -0.25) is 0 Å². The summed E-state index contributed by atoms with van der Waals surface area (Å²) in [4.78, 5) is 11.0. The number of alkyl carbamates (subject to hydrolysis) is 1. The molecule has 1 amide bonds. The third-order valence-corrected chi connectivity index (χ3v) is 1.31. The summed E-state index contributed by atoms with van der Waals surface area (Å²) in [7, 11) is 0. The van der Waals surface area contributed by atoms with Crippen LogP contribution < -0.4 is 5.32 Å². The van der Waals surface area contributed by atoms with Gasteiger partial charge in [0, 0.05) is 0 Å². The minimum absolute atomic E-state index is 0.0193. The summed E-state index contributed by atoms with van der Waals surface area (Å²) >= 11 is 0. The number of alkyl halides is 1. The normalized spacial score (nSPS) is 13.6. The smallest absolute Gasteiger partial charge is 0.407 e. The molecule has 4 heteroatoms. The molecule has 0 fully saturated rings. The fraction of sp³-hybridized carbons (Fsp3) is 0.889. The van der Waals surface area contributed by atoms with Crippen LogP contribution in [0.15, 0.2) is 0 Å². The Balaban J connectivity index is 3.64. The first kappa shape index (κ1) is 12.2. The van der Waals surface area contributed by atoms with E-state index >= 15 is 0 Å². The van der Waals surface area contributed by atoms with E-state index in [1.165, 1.54) is 0 Å². The first-order valence-electron chi connectivity index (χ1n) is 4.46. The highest BCUT2D eigenvalue weighted by Crippen LogP contribution is 2.06. The average molecular weight is 191 g/mol. The van der Waals surface area contributed by atoms with E-state index in [4.69, 9.17) is 4.74 Å². The third kappa shape index (κ3) is 7.56. The van der Waals surface area contributed by atoms with Crippen LogP contribution in [0.1, 0.15) is 34.1 Å². The number of hydrogen-bond acceptors (Lipinski definition) is 2. The molecule has 0 aliphatic heterocycles. The quantitative estimate of drug-likeness (QED) is 0.743. The molecule has 0 heterocycles. The molecule has 0 radical (unpaired) electrons. The lowest BCUT2D eigenvalue weighted by Crippen LogP contribution is -2.35. The Morgan fingerprint density at radius 1 is 1.54 bits per heavy atom. The Morgan fingerprint density at radius 2 is 2.08 bits per heavy atom. The summed E-state index contributed by atoms with van der Waals surface area (Å²) in [6.07, 6.45) is -1.16. The zero-order chi connectivity index (χ0) is 10.5. The van der Waals surface area contributed by atoms with Gasteiger partial charge in [0.1, 0.15) is 11.8 Å². The minimum atomic E-state index is -0.993. The number of ether oxygens (including phenoxy) is 1. The standard InChI is InChI=1S/C9H18FNO2/c1-5-7(10)6-11-8(12)13-9(2,3)4/h7H,5-6H2,1-4H3,(H,11,12)/t7-/m0/s1. The van der Waals surface area contributed by atoms with Gasteiger partial charge in [0.15, 0.2) is 0 Å². The lowest BCUT2D eigenvalue weighted by molar-refractivity contribution is 0.0513. The van der Waals surface area contributed by atoms with Gasteiger partial charge in [-0.2, -0.15) is 0 Å². The highest BCUT2D eigenvalue weighted by Gasteiger charge is 2.16. The first-order valence-corrected chi connectivity index (χ1v) is 4.46. The molecule has 0 aromatic carbocycles. The largest absolute Gasteiger partial charge is 0.444 e. The van der Waals surface area contributed by atoms with Gasteiger partial charge in [0.05, 0.1) is 6.54 Å². The van der Waals surface area contributed by atoms with Gasteiger partial charge in [-0.25, -0.2) is 9.18 Å². The number of hydrogen-bond donors (Lipinski definition) is 1. The van der Waals surface area contributed by atoms with Gasteiger partial charge in [-0.1, -0.05) is 6.92 Å². The van der Waals surface area contributed by atoms with E-state index in [0.29, 0.717) is 6.42 Å². The van der Waals surface area contributed by atoms with E-state index in [2.05, 4.69) is 5.32 Å². The summed E-state index contributed by atoms with van der Waals surface area (Å²) in [6, 6.07) is 0. The van der Waals surface area contributed by atoms with Crippen molar-refractivity contribution < 1.29 is 13.9 Å². The second kappa shape index (κ2) is 5.04. The molecule has 0 aliphatic rings. The Labute approximate surface area is 78.6 Å². The molecule has 13 heavy (non-hydrogen) atoms. The van der Waals surface area contributed by atoms with E-state index < -0.39 is 17.9 Å². The molecule has 78 valence electrons. The molecular weight excluding hydrogens is 173 g/mol. The summed E-state index contributed by atoms with van der Waals surface area (Å²) in [5.74, 6) is 0. The van der Waals surface area contributed by atoms with Crippen molar-refractivity contribution in [3.8, 4) is 0 Å². The topological polar surface area (TPSA) is 38.3 Å². The van der Waals surface area contributed by atoms with Crippen LogP contribution in [0.25, 0.3) is 0 Å². The lowest BCUT2D eigenvalue weighted by atomic mass is 10.2. The van der Waals surface area contributed by atoms with Crippen LogP contribution in [-0.4, -0.2) is 24.4 Å². The lowest BCUT2D eigenvalue weighted by Gasteiger charge is -2.20. The zero-order valence-electron chi connectivity index (χ0n) is 8.69. The summed E-state index contributed by atoms with van der Waals surface area (Å²) < 4.78 is 17.6. The molecule has 1 atom stereocenters. The van der Waals surface area contributed by atoms with Crippen LogP contribution in [0, 0.1) is 0 Å². The maximum absolute atomic E-state index is 12.7. The fourth-order valence-electron chi connectivity index (χ4n) is 0.653. The molecule has 0 saturated carbocycles. The van der Waals surface area contributed by atoms with Gasteiger partial charge in [-0.05, 0) is 27.2 Å². The highest BCUT2D eigenvalue weighted by atomic mass is 19.1. The van der Waals surface area contributed by atoms with Crippen molar-refractivity contribution in [2.75, 3.05) is 6.54 Å². The van der Waals surface area contributed by atoms with E-state index in [1.54, 1.807) is 27.7 Å². The molecule has 3 nitrogen and oxygen atoms in total. The van der Waals surface area contributed by atoms with E-state index in [-0.39, 0.29) is 6.54 Å². The van der Waals surface area contributed by atoms with Crippen LogP contribution in [0.2, 0.25) is 0 Å². The number of rotatable bonds is 3. The van der Waals surface area contributed by atoms with Crippen molar-refractivity contribution in [2.24, 2.45) is 0 Å². The van der Waals surface area contributed by atoms with E-state index in [9.17, 15) is 9.18 Å². The van der Waals surface area contributed by atoms with Crippen molar-refractivity contribution in [3.05, 3.63) is 0 Å². The predicted octanol–water partition coefficient (Wildman–Crippen LogP) is 2.26. The molecule has 0 aromatic heterocycles. The van der Waals surface area contributed by atoms with Crippen molar-refractivity contribution in [1.29, 1.82) is 0 Å².